The highest BCUT2D eigenvalue weighted by Crippen LogP contribution is 2.19. The van der Waals surface area contributed by atoms with E-state index >= 15 is 0 Å². The molecular weight excluding hydrogens is 294 g/mol. The number of esters is 1. The Morgan fingerprint density at radius 1 is 1.09 bits per heavy atom. The van der Waals surface area contributed by atoms with Crippen LogP contribution in [0.4, 0.5) is 4.79 Å². The Hall–Kier alpha value is -2.38. The molecule has 0 aliphatic heterocycles. The van der Waals surface area contributed by atoms with Crippen molar-refractivity contribution in [1.82, 2.24) is 4.73 Å². The summed E-state index contributed by atoms with van der Waals surface area (Å²) in [6.07, 6.45) is -2.16. The number of nitrogens with zero attached hydrogens (tertiary/aromatic N) is 1. The largest absolute Gasteiger partial charge is 0.537 e. The first-order valence-corrected chi connectivity index (χ1v) is 6.88. The third-order valence-electron chi connectivity index (χ3n) is 2.54. The van der Waals surface area contributed by atoms with Crippen LogP contribution in [0.3, 0.4) is 0 Å². The molecule has 124 valence electrons. The molecule has 0 amide bonds. The van der Waals surface area contributed by atoms with Crippen LogP contribution in [-0.4, -0.2) is 33.4 Å². The molecule has 1 unspecified atom stereocenters. The van der Waals surface area contributed by atoms with Gasteiger partial charge in [0, 0.05) is 24.5 Å². The van der Waals surface area contributed by atoms with Gasteiger partial charge in [-0.25, -0.2) is 4.79 Å². The second kappa shape index (κ2) is 7.58. The van der Waals surface area contributed by atoms with Crippen molar-refractivity contribution in [1.29, 1.82) is 0 Å². The van der Waals surface area contributed by atoms with E-state index < -0.39 is 30.2 Å². The summed E-state index contributed by atoms with van der Waals surface area (Å²) in [7, 11) is 0. The lowest BCUT2D eigenvalue weighted by Gasteiger charge is -2.21. The highest BCUT2D eigenvalue weighted by atomic mass is 16.9. The van der Waals surface area contributed by atoms with Crippen molar-refractivity contribution in [3.63, 3.8) is 0 Å². The summed E-state index contributed by atoms with van der Waals surface area (Å²) < 4.78 is 10.5. The predicted molar refractivity (Wildman–Crippen MR) is 75.0 cm³/mol. The van der Waals surface area contributed by atoms with Crippen LogP contribution >= 0.6 is 0 Å². The number of hydrogen-bond donors (Lipinski definition) is 2. The molecule has 0 aromatic carbocycles. The maximum absolute atomic E-state index is 11.7. The Morgan fingerprint density at radius 3 is 2.09 bits per heavy atom. The van der Waals surface area contributed by atoms with Gasteiger partial charge in [-0.15, -0.1) is 4.73 Å². The fraction of sp³-hybridized carbons (Fsp3) is 0.571. The van der Waals surface area contributed by atoms with E-state index in [0.29, 0.717) is 4.73 Å². The van der Waals surface area contributed by atoms with Gasteiger partial charge >= 0.3 is 12.1 Å². The van der Waals surface area contributed by atoms with Crippen molar-refractivity contribution in [2.45, 2.75) is 40.4 Å². The Labute approximate surface area is 128 Å². The summed E-state index contributed by atoms with van der Waals surface area (Å²) in [6, 6.07) is 2.26. The number of aromatic hydroxyl groups is 2. The molecule has 0 radical (unpaired) electrons. The van der Waals surface area contributed by atoms with Crippen molar-refractivity contribution in [3.05, 3.63) is 12.1 Å². The molecule has 22 heavy (non-hydrogen) atoms. The van der Waals surface area contributed by atoms with E-state index in [1.807, 2.05) is 13.8 Å². The topological polar surface area (TPSA) is 107 Å². The van der Waals surface area contributed by atoms with E-state index in [-0.39, 0.29) is 18.3 Å². The van der Waals surface area contributed by atoms with Gasteiger partial charge in [0.05, 0.1) is 0 Å². The molecule has 1 heterocycles. The number of carbonyl (C=O) groups is 2. The minimum Gasteiger partial charge on any atom is -0.492 e. The van der Waals surface area contributed by atoms with Crippen molar-refractivity contribution < 1.29 is 34.1 Å². The SMILES string of the molecule is CC(C)CC(=O)OC(OC(=O)On1c(O)ccc1O)C(C)C. The van der Waals surface area contributed by atoms with Crippen LogP contribution < -0.4 is 4.84 Å². The van der Waals surface area contributed by atoms with E-state index in [9.17, 15) is 19.8 Å². The molecule has 0 aliphatic carbocycles. The number of rotatable bonds is 6. The predicted octanol–water partition coefficient (Wildman–Crippen LogP) is 2.04. The second-order valence-corrected chi connectivity index (χ2v) is 5.50. The van der Waals surface area contributed by atoms with E-state index in [0.717, 1.165) is 12.1 Å². The zero-order valence-electron chi connectivity index (χ0n) is 13.0. The van der Waals surface area contributed by atoms with Gasteiger partial charge < -0.3 is 19.7 Å². The lowest BCUT2D eigenvalue weighted by Crippen LogP contribution is -2.32. The fourth-order valence-electron chi connectivity index (χ4n) is 1.49. The minimum absolute atomic E-state index is 0.112. The number of carbonyl (C=O) groups excluding carboxylic acids is 2. The monoisotopic (exact) mass is 315 g/mol. The van der Waals surface area contributed by atoms with E-state index in [2.05, 4.69) is 4.84 Å². The van der Waals surface area contributed by atoms with Crippen molar-refractivity contribution in [3.8, 4) is 11.8 Å². The Kier molecular flexibility index (Phi) is 6.09. The van der Waals surface area contributed by atoms with Crippen molar-refractivity contribution in [2.75, 3.05) is 0 Å². The van der Waals surface area contributed by atoms with Crippen LogP contribution in [0.15, 0.2) is 12.1 Å². The third-order valence-corrected chi connectivity index (χ3v) is 2.54. The molecule has 2 N–H and O–H groups in total. The van der Waals surface area contributed by atoms with Crippen LogP contribution in [0.2, 0.25) is 0 Å². The molecule has 8 nitrogen and oxygen atoms in total. The zero-order chi connectivity index (χ0) is 16.9. The van der Waals surface area contributed by atoms with E-state index in [4.69, 9.17) is 9.47 Å². The van der Waals surface area contributed by atoms with Crippen molar-refractivity contribution >= 4 is 12.1 Å². The quantitative estimate of drug-likeness (QED) is 0.611. The smallest absolute Gasteiger partial charge is 0.492 e. The van der Waals surface area contributed by atoms with Crippen LogP contribution in [0, 0.1) is 11.8 Å². The summed E-state index contributed by atoms with van der Waals surface area (Å²) in [6.45, 7) is 7.12. The first kappa shape index (κ1) is 17.7. The number of hydrogen-bond acceptors (Lipinski definition) is 7. The Morgan fingerprint density at radius 2 is 1.64 bits per heavy atom. The summed E-state index contributed by atoms with van der Waals surface area (Å²) >= 11 is 0. The zero-order valence-corrected chi connectivity index (χ0v) is 13.0. The summed E-state index contributed by atoms with van der Waals surface area (Å²) in [4.78, 5) is 27.9. The van der Waals surface area contributed by atoms with Gasteiger partial charge in [-0.05, 0) is 5.92 Å². The third kappa shape index (κ3) is 5.19. The van der Waals surface area contributed by atoms with E-state index in [1.165, 1.54) is 0 Å². The van der Waals surface area contributed by atoms with Gasteiger partial charge in [-0.3, -0.25) is 9.63 Å². The van der Waals surface area contributed by atoms with Gasteiger partial charge in [-0.1, -0.05) is 27.7 Å². The van der Waals surface area contributed by atoms with Gasteiger partial charge in [0.1, 0.15) is 0 Å². The molecule has 1 rings (SSSR count). The molecule has 0 saturated carbocycles. The first-order valence-electron chi connectivity index (χ1n) is 6.88. The standard InChI is InChI=1S/C14H21NO7/c1-8(2)7-12(18)20-13(9(3)4)21-14(19)22-15-10(16)5-6-11(15)17/h5-6,8-9,13,16-17H,7H2,1-4H3. The van der Waals surface area contributed by atoms with Gasteiger partial charge in [-0.2, -0.15) is 0 Å². The average Bonchev–Trinajstić information content (AvgIpc) is 2.68. The average molecular weight is 315 g/mol. The highest BCUT2D eigenvalue weighted by Gasteiger charge is 2.25. The second-order valence-electron chi connectivity index (χ2n) is 5.50. The lowest BCUT2D eigenvalue weighted by atomic mass is 10.1. The molecule has 0 spiro atoms. The van der Waals surface area contributed by atoms with Gasteiger partial charge in [0.25, 0.3) is 6.29 Å². The lowest BCUT2D eigenvalue weighted by molar-refractivity contribution is -0.180. The molecular formula is C14H21NO7. The molecule has 1 atom stereocenters. The highest BCUT2D eigenvalue weighted by molar-refractivity contribution is 5.70. The molecule has 0 saturated heterocycles. The summed E-state index contributed by atoms with van der Waals surface area (Å²) in [5.41, 5.74) is 0. The first-order chi connectivity index (χ1) is 10.2. The molecule has 1 aromatic rings. The minimum atomic E-state index is -1.22. The van der Waals surface area contributed by atoms with Gasteiger partial charge in [0.15, 0.2) is 0 Å². The summed E-state index contributed by atoms with van der Waals surface area (Å²) in [5, 5.41) is 18.7. The molecule has 0 bridgehead atoms. The van der Waals surface area contributed by atoms with Crippen LogP contribution in [0.5, 0.6) is 11.8 Å². The number of aromatic nitrogens is 1. The van der Waals surface area contributed by atoms with Crippen molar-refractivity contribution in [2.24, 2.45) is 11.8 Å². The Balaban J connectivity index is 2.63. The molecule has 1 aromatic heterocycles. The maximum Gasteiger partial charge on any atom is 0.537 e. The Bertz CT molecular complexity index is 502. The van der Waals surface area contributed by atoms with Gasteiger partial charge in [0.2, 0.25) is 11.8 Å². The summed E-state index contributed by atoms with van der Waals surface area (Å²) in [5.74, 6) is -1.63. The van der Waals surface area contributed by atoms with E-state index in [1.54, 1.807) is 13.8 Å². The molecule has 0 fully saturated rings. The van der Waals surface area contributed by atoms with Crippen LogP contribution in [0.1, 0.15) is 34.1 Å². The molecule has 8 heteroatoms. The number of ether oxygens (including phenoxy) is 2. The van der Waals surface area contributed by atoms with Crippen LogP contribution in [-0.2, 0) is 14.3 Å². The van der Waals surface area contributed by atoms with Crippen LogP contribution in [0.25, 0.3) is 0 Å². The maximum atomic E-state index is 11.7. The normalized spacial score (nSPS) is 12.3. The molecule has 0 aliphatic rings. The fourth-order valence-corrected chi connectivity index (χ4v) is 1.49.